The van der Waals surface area contributed by atoms with E-state index in [1.807, 2.05) is 19.2 Å². The van der Waals surface area contributed by atoms with Gasteiger partial charge in [0.05, 0.1) is 16.9 Å². The van der Waals surface area contributed by atoms with Crippen molar-refractivity contribution in [2.75, 3.05) is 11.1 Å². The summed E-state index contributed by atoms with van der Waals surface area (Å²) in [4.78, 5) is 15.5. The molecule has 0 radical (unpaired) electrons. The molecular weight excluding hydrogens is 260 g/mol. The molecule has 0 saturated heterocycles. The molecule has 0 atom stereocenters. The van der Waals surface area contributed by atoms with Crippen LogP contribution < -0.4 is 16.8 Å². The summed E-state index contributed by atoms with van der Waals surface area (Å²) < 4.78 is 0. The van der Waals surface area contributed by atoms with E-state index in [4.69, 9.17) is 11.5 Å². The van der Waals surface area contributed by atoms with E-state index in [9.17, 15) is 4.79 Å². The van der Waals surface area contributed by atoms with Gasteiger partial charge < -0.3 is 16.8 Å². The number of nitrogens with zero attached hydrogens (tertiary/aromatic N) is 1. The number of aromatic nitrogens is 1. The fraction of sp³-hybridized carbons (Fsp3) is 0.231. The first kappa shape index (κ1) is 13.4. The summed E-state index contributed by atoms with van der Waals surface area (Å²) in [7, 11) is 0. The minimum Gasteiger partial charge on any atom is -0.397 e. The van der Waals surface area contributed by atoms with Crippen LogP contribution in [0.4, 0.5) is 11.4 Å². The Morgan fingerprint density at radius 1 is 1.42 bits per heavy atom. The smallest absolute Gasteiger partial charge is 0.248 e. The highest BCUT2D eigenvalue weighted by Gasteiger charge is 2.24. The average molecular weight is 276 g/mol. The molecule has 0 spiro atoms. The van der Waals surface area contributed by atoms with Gasteiger partial charge in [0.15, 0.2) is 0 Å². The van der Waals surface area contributed by atoms with Gasteiger partial charge in [0.25, 0.3) is 0 Å². The minimum absolute atomic E-state index is 0.376. The lowest BCUT2D eigenvalue weighted by atomic mass is 10.0. The molecule has 0 unspecified atom stereocenters. The van der Waals surface area contributed by atoms with E-state index in [0.29, 0.717) is 16.9 Å². The third-order valence-corrected chi connectivity index (χ3v) is 3.85. The zero-order valence-corrected chi connectivity index (χ0v) is 11.6. The van der Waals surface area contributed by atoms with Crippen molar-refractivity contribution in [2.24, 2.45) is 5.73 Å². The molecule has 0 aliphatic carbocycles. The number of carbonyl (C=O) groups is 1. The summed E-state index contributed by atoms with van der Waals surface area (Å²) in [5.74, 6) is -0.477. The van der Waals surface area contributed by atoms with Crippen LogP contribution in [0.15, 0.2) is 29.8 Å². The van der Waals surface area contributed by atoms with Gasteiger partial charge in [-0.3, -0.25) is 4.79 Å². The van der Waals surface area contributed by atoms with Crippen LogP contribution in [0.3, 0.4) is 0 Å². The van der Waals surface area contributed by atoms with Gasteiger partial charge >= 0.3 is 0 Å². The van der Waals surface area contributed by atoms with Gasteiger partial charge in [-0.15, -0.1) is 11.3 Å². The number of amides is 1. The Morgan fingerprint density at radius 3 is 2.74 bits per heavy atom. The van der Waals surface area contributed by atoms with Crippen LogP contribution in [0, 0.1) is 0 Å². The van der Waals surface area contributed by atoms with Crippen molar-refractivity contribution < 1.29 is 4.79 Å². The van der Waals surface area contributed by atoms with Crippen molar-refractivity contribution in [3.63, 3.8) is 0 Å². The van der Waals surface area contributed by atoms with E-state index in [1.54, 1.807) is 35.7 Å². The van der Waals surface area contributed by atoms with Gasteiger partial charge in [-0.05, 0) is 32.0 Å². The SMILES string of the molecule is CC(C)(Nc1cc(C(N)=O)ccc1N)c1nccs1. The molecule has 1 aromatic carbocycles. The highest BCUT2D eigenvalue weighted by Crippen LogP contribution is 2.30. The van der Waals surface area contributed by atoms with Crippen LogP contribution in [0.1, 0.15) is 29.2 Å². The summed E-state index contributed by atoms with van der Waals surface area (Å²) in [6, 6.07) is 4.94. The molecule has 6 heteroatoms. The number of nitrogen functional groups attached to an aromatic ring is 1. The summed E-state index contributed by atoms with van der Waals surface area (Å²) >= 11 is 1.56. The predicted molar refractivity (Wildman–Crippen MR) is 78.1 cm³/mol. The number of nitrogens with one attached hydrogen (secondary N) is 1. The molecule has 1 amide bonds. The molecule has 0 aliphatic heterocycles. The van der Waals surface area contributed by atoms with Gasteiger partial charge in [-0.1, -0.05) is 0 Å². The Morgan fingerprint density at radius 2 is 2.16 bits per heavy atom. The second kappa shape index (κ2) is 4.89. The number of anilines is 2. The van der Waals surface area contributed by atoms with Crippen LogP contribution in [0.25, 0.3) is 0 Å². The van der Waals surface area contributed by atoms with E-state index in [2.05, 4.69) is 10.3 Å². The molecule has 1 heterocycles. The number of benzene rings is 1. The first-order valence-electron chi connectivity index (χ1n) is 5.77. The van der Waals surface area contributed by atoms with Crippen molar-refractivity contribution in [3.8, 4) is 0 Å². The Balaban J connectivity index is 2.33. The molecule has 5 N–H and O–H groups in total. The largest absolute Gasteiger partial charge is 0.397 e. The van der Waals surface area contributed by atoms with Gasteiger partial charge in [0.1, 0.15) is 5.01 Å². The van der Waals surface area contributed by atoms with Crippen LogP contribution in [-0.2, 0) is 5.54 Å². The van der Waals surface area contributed by atoms with Crippen molar-refractivity contribution in [3.05, 3.63) is 40.3 Å². The van der Waals surface area contributed by atoms with E-state index in [-0.39, 0.29) is 5.54 Å². The first-order valence-corrected chi connectivity index (χ1v) is 6.65. The third-order valence-electron chi connectivity index (χ3n) is 2.75. The van der Waals surface area contributed by atoms with Gasteiger partial charge in [-0.2, -0.15) is 0 Å². The number of carbonyl (C=O) groups excluding carboxylic acids is 1. The lowest BCUT2D eigenvalue weighted by Gasteiger charge is -2.26. The molecule has 0 bridgehead atoms. The number of primary amides is 1. The zero-order chi connectivity index (χ0) is 14.0. The number of thiazole rings is 1. The van der Waals surface area contributed by atoms with Crippen molar-refractivity contribution >= 4 is 28.6 Å². The zero-order valence-electron chi connectivity index (χ0n) is 10.8. The standard InChI is InChI=1S/C13H16N4OS/c1-13(2,12-16-5-6-19-12)17-10-7-8(11(15)18)3-4-9(10)14/h3-7,17H,14H2,1-2H3,(H2,15,18). The highest BCUT2D eigenvalue weighted by molar-refractivity contribution is 7.09. The molecule has 2 rings (SSSR count). The maximum absolute atomic E-state index is 11.2. The van der Waals surface area contributed by atoms with Gasteiger partial charge in [0, 0.05) is 17.1 Å². The maximum Gasteiger partial charge on any atom is 0.248 e. The molecular formula is C13H16N4OS. The fourth-order valence-electron chi connectivity index (χ4n) is 1.74. The topological polar surface area (TPSA) is 94.0 Å². The van der Waals surface area contributed by atoms with Crippen LogP contribution in [0.2, 0.25) is 0 Å². The molecule has 2 aromatic rings. The molecule has 1 aromatic heterocycles. The van der Waals surface area contributed by atoms with E-state index in [0.717, 1.165) is 5.01 Å². The second-order valence-electron chi connectivity index (χ2n) is 4.75. The Bertz CT molecular complexity index is 593. The second-order valence-corrected chi connectivity index (χ2v) is 5.65. The molecule has 0 saturated carbocycles. The highest BCUT2D eigenvalue weighted by atomic mass is 32.1. The van der Waals surface area contributed by atoms with E-state index >= 15 is 0 Å². The minimum atomic E-state index is -0.477. The molecule has 19 heavy (non-hydrogen) atoms. The lowest BCUT2D eigenvalue weighted by Crippen LogP contribution is -2.28. The van der Waals surface area contributed by atoms with Crippen LogP contribution in [0.5, 0.6) is 0 Å². The summed E-state index contributed by atoms with van der Waals surface area (Å²) in [5.41, 5.74) is 12.5. The lowest BCUT2D eigenvalue weighted by molar-refractivity contribution is 0.100. The van der Waals surface area contributed by atoms with Crippen molar-refractivity contribution in [1.29, 1.82) is 0 Å². The maximum atomic E-state index is 11.2. The molecule has 100 valence electrons. The summed E-state index contributed by atoms with van der Waals surface area (Å²) in [6.45, 7) is 4.00. The monoisotopic (exact) mass is 276 g/mol. The van der Waals surface area contributed by atoms with E-state index in [1.165, 1.54) is 0 Å². The van der Waals surface area contributed by atoms with E-state index < -0.39 is 5.91 Å². The molecule has 0 fully saturated rings. The van der Waals surface area contributed by atoms with Gasteiger partial charge in [0.2, 0.25) is 5.91 Å². The van der Waals surface area contributed by atoms with Crippen molar-refractivity contribution in [1.82, 2.24) is 4.98 Å². The summed E-state index contributed by atoms with van der Waals surface area (Å²) in [5, 5.41) is 6.16. The fourth-order valence-corrected chi connectivity index (χ4v) is 2.46. The Kier molecular flexibility index (Phi) is 3.44. The Labute approximate surface area is 115 Å². The summed E-state index contributed by atoms with van der Waals surface area (Å²) in [6.07, 6.45) is 1.76. The van der Waals surface area contributed by atoms with Crippen LogP contribution >= 0.6 is 11.3 Å². The molecule has 0 aliphatic rings. The number of rotatable bonds is 4. The normalized spacial score (nSPS) is 11.3. The first-order chi connectivity index (χ1) is 8.90. The quantitative estimate of drug-likeness (QED) is 0.746. The number of hydrogen-bond donors (Lipinski definition) is 3. The third kappa shape index (κ3) is 2.85. The predicted octanol–water partition coefficient (Wildman–Crippen LogP) is 2.17. The average Bonchev–Trinajstić information content (AvgIpc) is 2.85. The number of hydrogen-bond acceptors (Lipinski definition) is 5. The number of nitrogens with two attached hydrogens (primary N) is 2. The van der Waals surface area contributed by atoms with Crippen molar-refractivity contribution in [2.45, 2.75) is 19.4 Å². The van der Waals surface area contributed by atoms with Gasteiger partial charge in [-0.25, -0.2) is 4.98 Å². The van der Waals surface area contributed by atoms with Crippen LogP contribution in [-0.4, -0.2) is 10.9 Å². The molecule has 5 nitrogen and oxygen atoms in total. The Hall–Kier alpha value is -2.08.